The summed E-state index contributed by atoms with van der Waals surface area (Å²) in [6.45, 7) is -0.899. The third kappa shape index (κ3) is 13.8. The van der Waals surface area contributed by atoms with Crippen LogP contribution >= 0.6 is 0 Å². The Bertz CT molecular complexity index is 137. The third-order valence-electron chi connectivity index (χ3n) is 0.523. The van der Waals surface area contributed by atoms with E-state index in [-0.39, 0.29) is 68.5 Å². The van der Waals surface area contributed by atoms with Gasteiger partial charge in [0.15, 0.2) is 6.61 Å². The van der Waals surface area contributed by atoms with E-state index < -0.39 is 18.5 Å². The fraction of sp³-hybridized carbons (Fsp3) is 0.500. The number of nitrogens with two attached hydrogens (primary N) is 1. The molecule has 0 saturated heterocycles. The number of rotatable bonds is 3. The van der Waals surface area contributed by atoms with E-state index in [1.807, 2.05) is 0 Å². The van der Waals surface area contributed by atoms with Gasteiger partial charge in [0.2, 0.25) is 0 Å². The van der Waals surface area contributed by atoms with Crippen LogP contribution in [0.15, 0.2) is 0 Å². The van der Waals surface area contributed by atoms with Gasteiger partial charge in [0, 0.05) is 0 Å². The van der Waals surface area contributed by atoms with Gasteiger partial charge in [-0.25, -0.2) is 4.79 Å². The third-order valence-corrected chi connectivity index (χ3v) is 0.523. The summed E-state index contributed by atoms with van der Waals surface area (Å²) in [6, 6.07) is 0. The van der Waals surface area contributed by atoms with Crippen molar-refractivity contribution in [2.45, 2.75) is 0 Å². The monoisotopic (exact) mass is 181 g/mol. The van der Waals surface area contributed by atoms with Gasteiger partial charge in [0.1, 0.15) is 0 Å². The van der Waals surface area contributed by atoms with Crippen molar-refractivity contribution in [3.63, 3.8) is 0 Å². The summed E-state index contributed by atoms with van der Waals surface area (Å²) in [4.78, 5) is 19.8. The maximum Gasteiger partial charge on any atom is 1.00 e. The minimum atomic E-state index is -1.18. The molecule has 0 heterocycles. The van der Waals surface area contributed by atoms with Crippen LogP contribution in [-0.4, -0.2) is 30.2 Å². The van der Waals surface area contributed by atoms with Crippen LogP contribution < -0.4 is 64.8 Å². The van der Waals surface area contributed by atoms with E-state index in [4.69, 9.17) is 10.8 Å². The second kappa shape index (κ2) is 10.9. The molecule has 0 rings (SSSR count). The first kappa shape index (κ1) is 17.8. The molecule has 0 aliphatic heterocycles. The molecule has 0 amide bonds. The molecule has 3 N–H and O–H groups in total. The first-order valence-corrected chi connectivity index (χ1v) is 2.24. The van der Waals surface area contributed by atoms with Crippen molar-refractivity contribution in [1.29, 1.82) is 0 Å². The topological polar surface area (TPSA) is 89.6 Å². The van der Waals surface area contributed by atoms with E-state index >= 15 is 0 Å². The zero-order chi connectivity index (χ0) is 7.28. The zero-order valence-electron chi connectivity index (χ0n) is 8.66. The SMILES string of the molecule is NCC(=O)OCC(=O)O.[H-].[H-].[Na+].[Na+]. The van der Waals surface area contributed by atoms with Crippen LogP contribution in [0.5, 0.6) is 0 Å². The molecule has 0 aliphatic rings. The number of ether oxygens (including phenoxy) is 1. The summed E-state index contributed by atoms with van der Waals surface area (Å²) in [5.74, 6) is -1.89. The molecule has 0 aromatic heterocycles. The van der Waals surface area contributed by atoms with Gasteiger partial charge in [-0.1, -0.05) is 0 Å². The van der Waals surface area contributed by atoms with Crippen LogP contribution in [0.4, 0.5) is 0 Å². The van der Waals surface area contributed by atoms with E-state index in [1.54, 1.807) is 0 Å². The Labute approximate surface area is 111 Å². The molecule has 56 valence electrons. The Balaban J connectivity index is -0.0000000533. The molecule has 7 heteroatoms. The Morgan fingerprint density at radius 3 is 2.18 bits per heavy atom. The quantitative estimate of drug-likeness (QED) is 0.333. The number of esters is 1. The van der Waals surface area contributed by atoms with Crippen molar-refractivity contribution >= 4 is 11.9 Å². The van der Waals surface area contributed by atoms with E-state index in [1.165, 1.54) is 0 Å². The molecule has 0 unspecified atom stereocenters. The van der Waals surface area contributed by atoms with Gasteiger partial charge in [-0.3, -0.25) is 4.79 Å². The number of carbonyl (C=O) groups excluding carboxylic acids is 1. The molecule has 0 atom stereocenters. The van der Waals surface area contributed by atoms with Gasteiger partial charge in [-0.2, -0.15) is 0 Å². The summed E-state index contributed by atoms with van der Waals surface area (Å²) in [7, 11) is 0. The number of carboxylic acids is 1. The van der Waals surface area contributed by atoms with Gasteiger partial charge >= 0.3 is 71.1 Å². The van der Waals surface area contributed by atoms with Crippen LogP contribution in [0.25, 0.3) is 0 Å². The molecular weight excluding hydrogens is 172 g/mol. The predicted octanol–water partition coefficient (Wildman–Crippen LogP) is -7.19. The van der Waals surface area contributed by atoms with Crippen LogP contribution in [0.2, 0.25) is 0 Å². The van der Waals surface area contributed by atoms with Crippen LogP contribution in [0, 0.1) is 0 Å². The van der Waals surface area contributed by atoms with Crippen LogP contribution in [0.1, 0.15) is 2.85 Å². The second-order valence-electron chi connectivity index (χ2n) is 1.26. The Morgan fingerprint density at radius 2 is 1.91 bits per heavy atom. The molecule has 0 saturated carbocycles. The summed E-state index contributed by atoms with van der Waals surface area (Å²) < 4.78 is 4.09. The van der Waals surface area contributed by atoms with Crippen molar-refractivity contribution in [3.05, 3.63) is 0 Å². The first-order chi connectivity index (χ1) is 4.16. The smallest absolute Gasteiger partial charge is 1.00 e. The Kier molecular flexibility index (Phi) is 17.7. The maximum absolute atomic E-state index is 10.1. The summed E-state index contributed by atoms with van der Waals surface area (Å²) in [5.41, 5.74) is 4.79. The van der Waals surface area contributed by atoms with Crippen LogP contribution in [0.3, 0.4) is 0 Å². The van der Waals surface area contributed by atoms with Gasteiger partial charge in [0.05, 0.1) is 6.54 Å². The van der Waals surface area contributed by atoms with E-state index in [0.717, 1.165) is 0 Å². The Morgan fingerprint density at radius 1 is 1.45 bits per heavy atom. The van der Waals surface area contributed by atoms with Crippen molar-refractivity contribution in [2.24, 2.45) is 5.73 Å². The normalized spacial score (nSPS) is 7.00. The maximum atomic E-state index is 10.1. The number of carbonyl (C=O) groups is 2. The summed E-state index contributed by atoms with van der Waals surface area (Å²) in [5, 5.41) is 7.94. The molecular formula is C4H9NNa2O4. The minimum absolute atomic E-state index is 0. The fourth-order valence-electron chi connectivity index (χ4n) is 0.201. The fourth-order valence-corrected chi connectivity index (χ4v) is 0.201. The average Bonchev–Trinajstić information content (AvgIpc) is 1.83. The first-order valence-electron chi connectivity index (χ1n) is 2.24. The van der Waals surface area contributed by atoms with Gasteiger partial charge in [0.25, 0.3) is 0 Å². The zero-order valence-corrected chi connectivity index (χ0v) is 10.7. The predicted molar refractivity (Wildman–Crippen MR) is 29.9 cm³/mol. The molecule has 0 aromatic carbocycles. The van der Waals surface area contributed by atoms with Crippen molar-refractivity contribution in [1.82, 2.24) is 0 Å². The Hall–Kier alpha value is 0.900. The van der Waals surface area contributed by atoms with Gasteiger partial charge < -0.3 is 18.4 Å². The average molecular weight is 181 g/mol. The van der Waals surface area contributed by atoms with Crippen molar-refractivity contribution < 1.29 is 81.4 Å². The number of aliphatic carboxylic acids is 1. The molecule has 0 fully saturated rings. The van der Waals surface area contributed by atoms with E-state index in [9.17, 15) is 9.59 Å². The number of hydrogen-bond acceptors (Lipinski definition) is 4. The molecule has 0 aromatic rings. The largest absolute Gasteiger partial charge is 1.00 e. The molecule has 0 radical (unpaired) electrons. The standard InChI is InChI=1S/C4H7NO4.2Na.2H/c5-1-4(8)9-2-3(6)7;;;;/h1-2,5H2,(H,6,7);;;;/q;2*+1;2*-1. The van der Waals surface area contributed by atoms with Crippen molar-refractivity contribution in [3.8, 4) is 0 Å². The summed E-state index contributed by atoms with van der Waals surface area (Å²) in [6.07, 6.45) is 0. The van der Waals surface area contributed by atoms with Crippen LogP contribution in [-0.2, 0) is 14.3 Å². The number of hydrogen-bond donors (Lipinski definition) is 2. The number of carboxylic acid groups (broad SMARTS) is 1. The second-order valence-corrected chi connectivity index (χ2v) is 1.26. The van der Waals surface area contributed by atoms with Crippen molar-refractivity contribution in [2.75, 3.05) is 13.2 Å². The van der Waals surface area contributed by atoms with Gasteiger partial charge in [-0.05, 0) is 0 Å². The molecule has 0 aliphatic carbocycles. The van der Waals surface area contributed by atoms with E-state index in [0.29, 0.717) is 0 Å². The summed E-state index contributed by atoms with van der Waals surface area (Å²) >= 11 is 0. The molecule has 5 nitrogen and oxygen atoms in total. The minimum Gasteiger partial charge on any atom is -1.00 e. The van der Waals surface area contributed by atoms with Gasteiger partial charge in [-0.15, -0.1) is 0 Å². The molecule has 0 spiro atoms. The molecule has 11 heavy (non-hydrogen) atoms. The molecule has 0 bridgehead atoms. The van der Waals surface area contributed by atoms with E-state index in [2.05, 4.69) is 4.74 Å².